The van der Waals surface area contributed by atoms with Crippen molar-refractivity contribution in [1.29, 1.82) is 0 Å². The van der Waals surface area contributed by atoms with E-state index in [4.69, 9.17) is 9.47 Å². The molecule has 4 rings (SSSR count). The van der Waals surface area contributed by atoms with Crippen LogP contribution < -0.4 is 19.7 Å². The van der Waals surface area contributed by atoms with Crippen LogP contribution in [0.2, 0.25) is 0 Å². The number of aryl methyl sites for hydroxylation is 2. The van der Waals surface area contributed by atoms with E-state index in [0.29, 0.717) is 22.9 Å². The van der Waals surface area contributed by atoms with E-state index in [1.54, 1.807) is 14.2 Å². The largest absolute Gasteiger partial charge is 0.493 e. The van der Waals surface area contributed by atoms with E-state index in [2.05, 4.69) is 51.3 Å². The number of anilines is 1. The molecule has 35 heavy (non-hydrogen) atoms. The zero-order valence-corrected chi connectivity index (χ0v) is 21.8. The highest BCUT2D eigenvalue weighted by Crippen LogP contribution is 2.35. The number of benzene rings is 2. The Morgan fingerprint density at radius 3 is 2.51 bits per heavy atom. The highest BCUT2D eigenvalue weighted by atomic mass is 32.1. The van der Waals surface area contributed by atoms with Crippen molar-refractivity contribution in [3.05, 3.63) is 58.6 Å². The summed E-state index contributed by atoms with van der Waals surface area (Å²) in [6.45, 7) is 9.82. The predicted molar refractivity (Wildman–Crippen MR) is 142 cm³/mol. The monoisotopic (exact) mass is 494 g/mol. The minimum Gasteiger partial charge on any atom is -0.493 e. The predicted octanol–water partition coefficient (Wildman–Crippen LogP) is 4.39. The molecule has 1 amide bonds. The Bertz CT molecular complexity index is 1160. The molecule has 1 saturated heterocycles. The third kappa shape index (κ3) is 6.13. The van der Waals surface area contributed by atoms with E-state index in [0.717, 1.165) is 55.4 Å². The summed E-state index contributed by atoms with van der Waals surface area (Å²) in [5, 5.41) is 3.87. The Labute approximate surface area is 211 Å². The number of carbonyl (C=O) groups is 1. The molecule has 1 aromatic heterocycles. The molecule has 2 aromatic carbocycles. The fraction of sp³-hybridized carbons (Fsp3) is 0.407. The molecule has 0 unspecified atom stereocenters. The van der Waals surface area contributed by atoms with Gasteiger partial charge < -0.3 is 19.7 Å². The summed E-state index contributed by atoms with van der Waals surface area (Å²) in [6, 6.07) is 14.4. The highest BCUT2D eigenvalue weighted by Gasteiger charge is 2.19. The summed E-state index contributed by atoms with van der Waals surface area (Å²) in [5.74, 6) is 1.25. The maximum absolute atomic E-state index is 12.8. The number of methoxy groups -OCH3 is 2. The number of aromatic nitrogens is 1. The van der Waals surface area contributed by atoms with Crippen LogP contribution in [-0.2, 0) is 0 Å². The van der Waals surface area contributed by atoms with Gasteiger partial charge in [0, 0.05) is 44.0 Å². The smallest absolute Gasteiger partial charge is 0.263 e. The lowest BCUT2D eigenvalue weighted by atomic mass is 10.2. The van der Waals surface area contributed by atoms with Crippen molar-refractivity contribution in [2.24, 2.45) is 0 Å². The van der Waals surface area contributed by atoms with Gasteiger partial charge >= 0.3 is 0 Å². The first-order valence-electron chi connectivity index (χ1n) is 12.0. The Hall–Kier alpha value is -3.10. The van der Waals surface area contributed by atoms with Crippen molar-refractivity contribution < 1.29 is 14.3 Å². The Kier molecular flexibility index (Phi) is 8.25. The number of ether oxygens (including phenoxy) is 2. The van der Waals surface area contributed by atoms with Crippen LogP contribution >= 0.6 is 11.3 Å². The van der Waals surface area contributed by atoms with Gasteiger partial charge in [-0.25, -0.2) is 4.98 Å². The molecule has 0 bridgehead atoms. The molecule has 1 fully saturated rings. The van der Waals surface area contributed by atoms with Crippen molar-refractivity contribution in [3.63, 3.8) is 0 Å². The number of nitrogens with one attached hydrogen (secondary N) is 1. The summed E-state index contributed by atoms with van der Waals surface area (Å²) < 4.78 is 10.7. The summed E-state index contributed by atoms with van der Waals surface area (Å²) in [5.41, 5.74) is 4.25. The maximum atomic E-state index is 12.8. The average molecular weight is 495 g/mol. The second kappa shape index (κ2) is 11.6. The molecule has 0 aliphatic carbocycles. The molecule has 0 atom stereocenters. The van der Waals surface area contributed by atoms with Crippen LogP contribution in [-0.4, -0.2) is 69.3 Å². The van der Waals surface area contributed by atoms with Crippen LogP contribution in [0.4, 0.5) is 5.69 Å². The number of nitrogens with zero attached hydrogens (tertiary/aromatic N) is 3. The molecule has 7 nitrogen and oxygen atoms in total. The number of hydrogen-bond acceptors (Lipinski definition) is 7. The highest BCUT2D eigenvalue weighted by molar-refractivity contribution is 7.17. The summed E-state index contributed by atoms with van der Waals surface area (Å²) >= 11 is 1.40. The number of hydrogen-bond donors (Lipinski definition) is 1. The fourth-order valence-corrected chi connectivity index (χ4v) is 5.32. The Morgan fingerprint density at radius 2 is 1.80 bits per heavy atom. The molecule has 0 saturated carbocycles. The molecule has 186 valence electrons. The van der Waals surface area contributed by atoms with Crippen LogP contribution in [0, 0.1) is 13.8 Å². The molecule has 1 aliphatic rings. The van der Waals surface area contributed by atoms with Gasteiger partial charge in [-0.3, -0.25) is 9.69 Å². The number of rotatable bonds is 9. The van der Waals surface area contributed by atoms with Crippen LogP contribution in [0.1, 0.15) is 27.3 Å². The number of piperazine rings is 1. The van der Waals surface area contributed by atoms with Crippen LogP contribution in [0.3, 0.4) is 0 Å². The van der Waals surface area contributed by atoms with Gasteiger partial charge in [-0.1, -0.05) is 12.1 Å². The summed E-state index contributed by atoms with van der Waals surface area (Å²) in [6.07, 6.45) is 0.927. The van der Waals surface area contributed by atoms with E-state index in [1.807, 2.05) is 25.1 Å². The van der Waals surface area contributed by atoms with Crippen molar-refractivity contribution in [2.45, 2.75) is 20.3 Å². The summed E-state index contributed by atoms with van der Waals surface area (Å²) in [7, 11) is 3.22. The first-order valence-corrected chi connectivity index (χ1v) is 12.8. The lowest BCUT2D eigenvalue weighted by Gasteiger charge is -2.36. The van der Waals surface area contributed by atoms with Gasteiger partial charge in [-0.15, -0.1) is 11.3 Å². The molecule has 0 spiro atoms. The molecule has 3 aromatic rings. The fourth-order valence-electron chi connectivity index (χ4n) is 4.34. The standard InChI is InChI=1S/C27H34N4O3S/c1-19-7-5-8-22(17-19)31-15-13-30(14-16-31)12-6-11-28-26(32)25-20(2)29-27(35-25)21-9-10-23(33-3)24(18-21)34-4/h5,7-10,17-18H,6,11-16H2,1-4H3,(H,28,32). The average Bonchev–Trinajstić information content (AvgIpc) is 3.28. The van der Waals surface area contributed by atoms with Crippen molar-refractivity contribution in [1.82, 2.24) is 15.2 Å². The van der Waals surface area contributed by atoms with Crippen LogP contribution in [0.15, 0.2) is 42.5 Å². The van der Waals surface area contributed by atoms with Gasteiger partial charge in [0.2, 0.25) is 0 Å². The van der Waals surface area contributed by atoms with Gasteiger partial charge in [0.15, 0.2) is 11.5 Å². The third-order valence-corrected chi connectivity index (χ3v) is 7.51. The third-order valence-electron chi connectivity index (χ3n) is 6.31. The molecular formula is C27H34N4O3S. The van der Waals surface area contributed by atoms with Gasteiger partial charge in [-0.2, -0.15) is 0 Å². The normalized spacial score (nSPS) is 14.1. The second-order valence-corrected chi connectivity index (χ2v) is 9.78. The molecule has 8 heteroatoms. The lowest BCUT2D eigenvalue weighted by Crippen LogP contribution is -2.47. The summed E-state index contributed by atoms with van der Waals surface area (Å²) in [4.78, 5) is 23.0. The maximum Gasteiger partial charge on any atom is 0.263 e. The van der Waals surface area contributed by atoms with E-state index in [1.165, 1.54) is 22.6 Å². The van der Waals surface area contributed by atoms with E-state index < -0.39 is 0 Å². The van der Waals surface area contributed by atoms with Crippen LogP contribution in [0.25, 0.3) is 10.6 Å². The Morgan fingerprint density at radius 1 is 1.03 bits per heavy atom. The first-order chi connectivity index (χ1) is 17.0. The van der Waals surface area contributed by atoms with Crippen molar-refractivity contribution in [2.75, 3.05) is 58.4 Å². The zero-order chi connectivity index (χ0) is 24.8. The molecule has 0 radical (unpaired) electrons. The van der Waals surface area contributed by atoms with Crippen molar-refractivity contribution >= 4 is 22.9 Å². The first kappa shape index (κ1) is 25.0. The van der Waals surface area contributed by atoms with E-state index in [9.17, 15) is 4.79 Å². The second-order valence-electron chi connectivity index (χ2n) is 8.78. The topological polar surface area (TPSA) is 66.9 Å². The van der Waals surface area contributed by atoms with Gasteiger partial charge in [0.25, 0.3) is 5.91 Å². The number of carbonyl (C=O) groups excluding carboxylic acids is 1. The molecule has 2 heterocycles. The molecule has 1 aliphatic heterocycles. The molecular weight excluding hydrogens is 460 g/mol. The van der Waals surface area contributed by atoms with E-state index in [-0.39, 0.29) is 5.91 Å². The quantitative estimate of drug-likeness (QED) is 0.445. The molecule has 1 N–H and O–H groups in total. The van der Waals surface area contributed by atoms with Crippen molar-refractivity contribution in [3.8, 4) is 22.1 Å². The van der Waals surface area contributed by atoms with Crippen LogP contribution in [0.5, 0.6) is 11.5 Å². The zero-order valence-electron chi connectivity index (χ0n) is 21.0. The minimum absolute atomic E-state index is 0.0593. The minimum atomic E-state index is -0.0593. The van der Waals surface area contributed by atoms with E-state index >= 15 is 0 Å². The van der Waals surface area contributed by atoms with Gasteiger partial charge in [0.05, 0.1) is 19.9 Å². The van der Waals surface area contributed by atoms with Gasteiger partial charge in [0.1, 0.15) is 9.88 Å². The lowest BCUT2D eigenvalue weighted by molar-refractivity contribution is 0.0954. The Balaban J connectivity index is 1.24. The SMILES string of the molecule is COc1ccc(-c2nc(C)c(C(=O)NCCCN3CCN(c4cccc(C)c4)CC3)s2)cc1OC. The number of amides is 1. The number of thiazole rings is 1. The van der Waals surface area contributed by atoms with Gasteiger partial charge in [-0.05, 0) is 62.7 Å².